The molecule has 0 radical (unpaired) electrons. The van der Waals surface area contributed by atoms with Crippen LogP contribution in [0.4, 0.5) is 17.1 Å². The van der Waals surface area contributed by atoms with Crippen molar-refractivity contribution < 1.29 is 14.3 Å². The molecule has 0 aliphatic carbocycles. The molecule has 4 heteroatoms. The first-order chi connectivity index (χ1) is 25.3. The van der Waals surface area contributed by atoms with E-state index in [1.165, 1.54) is 16.5 Å². The third kappa shape index (κ3) is 6.10. The first kappa shape index (κ1) is 35.8. The summed E-state index contributed by atoms with van der Waals surface area (Å²) >= 11 is 0. The van der Waals surface area contributed by atoms with E-state index in [1.54, 1.807) is 6.07 Å². The van der Waals surface area contributed by atoms with Crippen molar-refractivity contribution in [2.24, 2.45) is 10.8 Å². The van der Waals surface area contributed by atoms with Crippen LogP contribution in [0.25, 0.3) is 43.1 Å². The molecule has 1 heterocycles. The molecule has 0 fully saturated rings. The Morgan fingerprint density at radius 1 is 0.463 bits per heavy atom. The van der Waals surface area contributed by atoms with Crippen LogP contribution in [0.5, 0.6) is 0 Å². The summed E-state index contributed by atoms with van der Waals surface area (Å²) in [7, 11) is 0. The molecule has 7 aromatic carbocycles. The van der Waals surface area contributed by atoms with Crippen LogP contribution in [0, 0.1) is 10.8 Å². The third-order valence-corrected chi connectivity index (χ3v) is 11.3. The Hall–Kier alpha value is -5.22. The number of esters is 2. The second kappa shape index (κ2) is 12.1. The standard InChI is InChI=1S/C50H51NO3/c1-47(2,3)28-49(7,8)31-14-18-33(19-15-31)51(34-20-16-32(17-21-34)50(9,10)29-48(4,5)6)35-26-30-12-11-13-36-37-22-24-39-44-40(46(53)54-45(39)52)25-23-38(43(37)44)41(27-35)42(30)36/h11-27H,28-29H2,1-10H3. The second-order valence-electron chi connectivity index (χ2n) is 19.3. The van der Waals surface area contributed by atoms with E-state index in [1.807, 2.05) is 18.2 Å². The fourth-order valence-electron chi connectivity index (χ4n) is 9.88. The molecule has 1 aliphatic rings. The number of hydrogen-bond acceptors (Lipinski definition) is 4. The van der Waals surface area contributed by atoms with Gasteiger partial charge in [-0.25, -0.2) is 9.59 Å². The monoisotopic (exact) mass is 713 g/mol. The van der Waals surface area contributed by atoms with Gasteiger partial charge in [-0.3, -0.25) is 0 Å². The Labute approximate surface area is 319 Å². The first-order valence-electron chi connectivity index (χ1n) is 19.3. The fourth-order valence-corrected chi connectivity index (χ4v) is 9.88. The minimum absolute atomic E-state index is 0.0194. The molecule has 0 aromatic heterocycles. The highest BCUT2D eigenvalue weighted by Gasteiger charge is 2.31. The summed E-state index contributed by atoms with van der Waals surface area (Å²) in [6.07, 6.45) is 2.15. The Morgan fingerprint density at radius 3 is 1.41 bits per heavy atom. The quantitative estimate of drug-likeness (QED) is 0.0714. The van der Waals surface area contributed by atoms with Gasteiger partial charge in [0, 0.05) is 22.4 Å². The molecule has 0 atom stereocenters. The van der Waals surface area contributed by atoms with Crippen molar-refractivity contribution in [1.29, 1.82) is 0 Å². The SMILES string of the molecule is CC(C)(C)CC(C)(C)c1ccc(N(c2ccc(C(C)(C)CC(C)(C)C)cc2)c2cc3cccc4c5ccc6c7c(ccc(c(c2)c34)c75)C(=O)OC6=O)cc1. The van der Waals surface area contributed by atoms with Gasteiger partial charge in [-0.05, 0) is 132 Å². The zero-order chi connectivity index (χ0) is 38.5. The molecule has 0 saturated carbocycles. The molecule has 0 bridgehead atoms. The van der Waals surface area contributed by atoms with Crippen molar-refractivity contribution in [2.75, 3.05) is 4.90 Å². The van der Waals surface area contributed by atoms with Gasteiger partial charge in [-0.1, -0.05) is 124 Å². The highest BCUT2D eigenvalue weighted by atomic mass is 16.6. The molecule has 8 rings (SSSR count). The molecule has 0 unspecified atom stereocenters. The minimum Gasteiger partial charge on any atom is -0.386 e. The summed E-state index contributed by atoms with van der Waals surface area (Å²) in [5, 5.41) is 8.11. The number of rotatable bonds is 7. The number of cyclic esters (lactones) is 2. The minimum atomic E-state index is -0.594. The number of ether oxygens (including phenoxy) is 1. The molecule has 0 saturated heterocycles. The third-order valence-electron chi connectivity index (χ3n) is 11.3. The van der Waals surface area contributed by atoms with Crippen molar-refractivity contribution in [2.45, 2.75) is 92.9 Å². The zero-order valence-electron chi connectivity index (χ0n) is 33.4. The molecule has 0 N–H and O–H groups in total. The Balaban J connectivity index is 1.36. The van der Waals surface area contributed by atoms with Gasteiger partial charge in [0.15, 0.2) is 0 Å². The lowest BCUT2D eigenvalue weighted by Gasteiger charge is -2.34. The van der Waals surface area contributed by atoms with E-state index in [-0.39, 0.29) is 21.7 Å². The van der Waals surface area contributed by atoms with Gasteiger partial charge in [0.05, 0.1) is 11.1 Å². The normalized spacial score (nSPS) is 14.1. The smallest absolute Gasteiger partial charge is 0.346 e. The Morgan fingerprint density at radius 2 is 0.926 bits per heavy atom. The summed E-state index contributed by atoms with van der Waals surface area (Å²) in [5.74, 6) is -1.19. The topological polar surface area (TPSA) is 46.6 Å². The van der Waals surface area contributed by atoms with Crippen LogP contribution >= 0.6 is 0 Å². The van der Waals surface area contributed by atoms with E-state index in [2.05, 4.69) is 153 Å². The van der Waals surface area contributed by atoms with Gasteiger partial charge in [-0.15, -0.1) is 0 Å². The van der Waals surface area contributed by atoms with Crippen LogP contribution in [0.3, 0.4) is 0 Å². The highest BCUT2D eigenvalue weighted by molar-refractivity contribution is 6.37. The maximum Gasteiger partial charge on any atom is 0.346 e. The maximum absolute atomic E-state index is 13.0. The number of nitrogens with zero attached hydrogens (tertiary/aromatic N) is 1. The molecule has 4 nitrogen and oxygen atoms in total. The lowest BCUT2D eigenvalue weighted by atomic mass is 9.72. The van der Waals surface area contributed by atoms with Gasteiger partial charge in [0.25, 0.3) is 0 Å². The van der Waals surface area contributed by atoms with Gasteiger partial charge in [0.2, 0.25) is 0 Å². The summed E-state index contributed by atoms with van der Waals surface area (Å²) in [4.78, 5) is 28.3. The molecule has 7 aromatic rings. The van der Waals surface area contributed by atoms with Crippen LogP contribution in [0.2, 0.25) is 0 Å². The van der Waals surface area contributed by atoms with E-state index in [4.69, 9.17) is 4.74 Å². The van der Waals surface area contributed by atoms with Crippen LogP contribution < -0.4 is 4.90 Å². The largest absolute Gasteiger partial charge is 0.386 e. The number of fused-ring (bicyclic) bond motifs is 2. The summed E-state index contributed by atoms with van der Waals surface area (Å²) in [6.45, 7) is 23.2. The van der Waals surface area contributed by atoms with Gasteiger partial charge >= 0.3 is 11.9 Å². The predicted octanol–water partition coefficient (Wildman–Crippen LogP) is 13.9. The molecule has 274 valence electrons. The maximum atomic E-state index is 13.0. The van der Waals surface area contributed by atoms with Crippen LogP contribution in [0.1, 0.15) is 114 Å². The summed E-state index contributed by atoms with van der Waals surface area (Å²) in [6, 6.07) is 36.9. The molecule has 0 amide bonds. The van der Waals surface area contributed by atoms with E-state index >= 15 is 0 Å². The second-order valence-corrected chi connectivity index (χ2v) is 19.3. The van der Waals surface area contributed by atoms with E-state index in [0.29, 0.717) is 16.5 Å². The number of anilines is 3. The average molecular weight is 714 g/mol. The summed E-state index contributed by atoms with van der Waals surface area (Å²) in [5.41, 5.74) is 7.16. The van der Waals surface area contributed by atoms with Crippen molar-refractivity contribution in [3.63, 3.8) is 0 Å². The summed E-state index contributed by atoms with van der Waals surface area (Å²) < 4.78 is 5.13. The zero-order valence-corrected chi connectivity index (χ0v) is 33.4. The Kier molecular flexibility index (Phi) is 8.05. The molecular formula is C50H51NO3. The average Bonchev–Trinajstić information content (AvgIpc) is 3.08. The van der Waals surface area contributed by atoms with Crippen LogP contribution in [-0.2, 0) is 15.6 Å². The van der Waals surface area contributed by atoms with Crippen molar-refractivity contribution in [3.8, 4) is 0 Å². The van der Waals surface area contributed by atoms with Crippen LogP contribution in [-0.4, -0.2) is 11.9 Å². The fraction of sp³-hybridized carbons (Fsp3) is 0.320. The van der Waals surface area contributed by atoms with Crippen LogP contribution in [0.15, 0.2) is 103 Å². The lowest BCUT2D eigenvalue weighted by molar-refractivity contribution is 0.0391. The van der Waals surface area contributed by atoms with Crippen molar-refractivity contribution in [1.82, 2.24) is 0 Å². The molecule has 0 spiro atoms. The molecule has 1 aliphatic heterocycles. The number of carbonyl (C=O) groups excluding carboxylic acids is 2. The van der Waals surface area contributed by atoms with E-state index < -0.39 is 11.9 Å². The van der Waals surface area contributed by atoms with E-state index in [0.717, 1.165) is 62.2 Å². The van der Waals surface area contributed by atoms with E-state index in [9.17, 15) is 9.59 Å². The molecule has 54 heavy (non-hydrogen) atoms. The number of carbonyl (C=O) groups is 2. The number of benzene rings is 7. The van der Waals surface area contributed by atoms with Gasteiger partial charge in [-0.2, -0.15) is 0 Å². The van der Waals surface area contributed by atoms with Gasteiger partial charge in [0.1, 0.15) is 0 Å². The first-order valence-corrected chi connectivity index (χ1v) is 19.3. The van der Waals surface area contributed by atoms with Crippen molar-refractivity contribution in [3.05, 3.63) is 125 Å². The molecular weight excluding hydrogens is 663 g/mol. The lowest BCUT2D eigenvalue weighted by Crippen LogP contribution is -2.25. The number of hydrogen-bond donors (Lipinski definition) is 0. The Bertz CT molecular complexity index is 2520. The van der Waals surface area contributed by atoms with Crippen molar-refractivity contribution >= 4 is 72.1 Å². The highest BCUT2D eigenvalue weighted by Crippen LogP contribution is 2.47. The van der Waals surface area contributed by atoms with Gasteiger partial charge < -0.3 is 9.64 Å². The predicted molar refractivity (Wildman–Crippen MR) is 226 cm³/mol.